The average Bonchev–Trinajstić information content (AvgIpc) is 3.20. The SMILES string of the molecule is Cc1nc(N)ccc1CNC(=O)CN1CCCC[C@@H](NS(=O)(=O)c2ccc3c(c2)CCO3)[C@@H]1O. The monoisotopic (exact) mass is 489 g/mol. The van der Waals surface area contributed by atoms with Crippen molar-refractivity contribution in [2.45, 2.75) is 56.3 Å². The van der Waals surface area contributed by atoms with Crippen LogP contribution in [-0.4, -0.2) is 61.3 Å². The number of nitrogens with two attached hydrogens (primary N) is 1. The van der Waals surface area contributed by atoms with Gasteiger partial charge >= 0.3 is 0 Å². The van der Waals surface area contributed by atoms with Gasteiger partial charge < -0.3 is 20.9 Å². The lowest BCUT2D eigenvalue weighted by Gasteiger charge is -2.30. The van der Waals surface area contributed by atoms with E-state index in [2.05, 4.69) is 15.0 Å². The Bertz CT molecular complexity index is 1160. The van der Waals surface area contributed by atoms with Gasteiger partial charge in [-0.25, -0.2) is 18.1 Å². The molecule has 4 rings (SSSR count). The molecule has 2 aliphatic rings. The summed E-state index contributed by atoms with van der Waals surface area (Å²) < 4.78 is 34.2. The van der Waals surface area contributed by atoms with Gasteiger partial charge in [0.1, 0.15) is 17.8 Å². The van der Waals surface area contributed by atoms with Crippen LogP contribution in [-0.2, 0) is 27.8 Å². The second-order valence-electron chi connectivity index (χ2n) is 8.73. The lowest BCUT2D eigenvalue weighted by molar-refractivity contribution is -0.125. The number of fused-ring (bicyclic) bond motifs is 1. The number of carbonyl (C=O) groups excluding carboxylic acids is 1. The molecule has 184 valence electrons. The van der Waals surface area contributed by atoms with Gasteiger partial charge in [-0.2, -0.15) is 0 Å². The van der Waals surface area contributed by atoms with Gasteiger partial charge in [0.2, 0.25) is 15.9 Å². The van der Waals surface area contributed by atoms with Gasteiger partial charge in [-0.3, -0.25) is 9.69 Å². The minimum Gasteiger partial charge on any atom is -0.493 e. The van der Waals surface area contributed by atoms with Crippen LogP contribution in [0.3, 0.4) is 0 Å². The first kappa shape index (κ1) is 24.4. The normalized spacial score (nSPS) is 20.9. The number of pyridine rings is 1. The van der Waals surface area contributed by atoms with Crippen LogP contribution in [0.25, 0.3) is 0 Å². The number of aliphatic hydroxyl groups excluding tert-OH is 1. The number of rotatable bonds is 7. The van der Waals surface area contributed by atoms with E-state index in [9.17, 15) is 18.3 Å². The van der Waals surface area contributed by atoms with Crippen LogP contribution in [0.2, 0.25) is 0 Å². The molecule has 2 atom stereocenters. The van der Waals surface area contributed by atoms with Crippen LogP contribution in [0.1, 0.15) is 36.1 Å². The number of aliphatic hydroxyl groups is 1. The van der Waals surface area contributed by atoms with E-state index in [1.54, 1.807) is 23.1 Å². The smallest absolute Gasteiger partial charge is 0.240 e. The largest absolute Gasteiger partial charge is 0.493 e. The van der Waals surface area contributed by atoms with Crippen molar-refractivity contribution >= 4 is 21.7 Å². The maximum Gasteiger partial charge on any atom is 0.240 e. The number of aromatic nitrogens is 1. The van der Waals surface area contributed by atoms with Gasteiger partial charge in [-0.05, 0) is 55.2 Å². The number of nitrogens with one attached hydrogen (secondary N) is 2. The highest BCUT2D eigenvalue weighted by molar-refractivity contribution is 7.89. The van der Waals surface area contributed by atoms with E-state index in [0.29, 0.717) is 44.1 Å². The van der Waals surface area contributed by atoms with Gasteiger partial charge in [0.15, 0.2) is 0 Å². The number of amides is 1. The zero-order valence-corrected chi connectivity index (χ0v) is 20.0. The second-order valence-corrected chi connectivity index (χ2v) is 10.4. The highest BCUT2D eigenvalue weighted by Gasteiger charge is 2.33. The predicted molar refractivity (Wildman–Crippen MR) is 126 cm³/mol. The van der Waals surface area contributed by atoms with Crippen molar-refractivity contribution in [3.63, 3.8) is 0 Å². The van der Waals surface area contributed by atoms with Crippen molar-refractivity contribution in [1.29, 1.82) is 0 Å². The summed E-state index contributed by atoms with van der Waals surface area (Å²) >= 11 is 0. The fourth-order valence-electron chi connectivity index (χ4n) is 4.34. The van der Waals surface area contributed by atoms with Crippen molar-refractivity contribution in [3.8, 4) is 5.75 Å². The van der Waals surface area contributed by atoms with Gasteiger partial charge in [-0.15, -0.1) is 0 Å². The third-order valence-electron chi connectivity index (χ3n) is 6.26. The van der Waals surface area contributed by atoms with E-state index in [1.807, 2.05) is 13.0 Å². The summed E-state index contributed by atoms with van der Waals surface area (Å²) in [6, 6.07) is 7.55. The number of nitrogens with zero attached hydrogens (tertiary/aromatic N) is 2. The number of sulfonamides is 1. The van der Waals surface area contributed by atoms with Crippen LogP contribution in [0.5, 0.6) is 5.75 Å². The number of hydrogen-bond donors (Lipinski definition) is 4. The number of nitrogen functional groups attached to an aromatic ring is 1. The highest BCUT2D eigenvalue weighted by Crippen LogP contribution is 2.28. The molecule has 0 spiro atoms. The molecule has 2 aromatic rings. The number of benzene rings is 1. The molecule has 1 aromatic carbocycles. The van der Waals surface area contributed by atoms with Crippen LogP contribution in [0, 0.1) is 6.92 Å². The number of anilines is 1. The molecule has 1 amide bonds. The summed E-state index contributed by atoms with van der Waals surface area (Å²) in [5.74, 6) is 0.856. The zero-order valence-electron chi connectivity index (χ0n) is 19.2. The van der Waals surface area contributed by atoms with Crippen LogP contribution >= 0.6 is 0 Å². The molecule has 0 bridgehead atoms. The Hall–Kier alpha value is -2.73. The Morgan fingerprint density at radius 1 is 1.29 bits per heavy atom. The number of carbonyl (C=O) groups is 1. The van der Waals surface area contributed by atoms with Gasteiger partial charge in [-0.1, -0.05) is 12.5 Å². The van der Waals surface area contributed by atoms with E-state index < -0.39 is 22.3 Å². The summed E-state index contributed by atoms with van der Waals surface area (Å²) in [5, 5.41) is 13.8. The molecule has 2 aliphatic heterocycles. The Kier molecular flexibility index (Phi) is 7.36. The summed E-state index contributed by atoms with van der Waals surface area (Å²) in [6.07, 6.45) is 1.50. The van der Waals surface area contributed by atoms with E-state index in [4.69, 9.17) is 10.5 Å². The van der Waals surface area contributed by atoms with Gasteiger partial charge in [0.05, 0.1) is 24.1 Å². The number of hydrogen-bond acceptors (Lipinski definition) is 8. The van der Waals surface area contributed by atoms with E-state index in [-0.39, 0.29) is 17.3 Å². The summed E-state index contributed by atoms with van der Waals surface area (Å²) in [7, 11) is -3.85. The standard InChI is InChI=1S/C23H31N5O5S/c1-15-17(5-8-21(24)26-15)13-25-22(29)14-28-10-3-2-4-19(23(28)30)27-34(31,32)18-6-7-20-16(12-18)9-11-33-20/h5-8,12,19,23,27,30H,2-4,9-11,13-14H2,1H3,(H2,24,26)(H,25,29)/t19-,23+/m1/s1. The van der Waals surface area contributed by atoms with E-state index in [1.165, 1.54) is 6.07 Å². The fraction of sp³-hybridized carbons (Fsp3) is 0.478. The molecule has 0 saturated carbocycles. The summed E-state index contributed by atoms with van der Waals surface area (Å²) in [4.78, 5) is 18.5. The molecule has 34 heavy (non-hydrogen) atoms. The fourth-order valence-corrected chi connectivity index (χ4v) is 5.65. The molecular weight excluding hydrogens is 458 g/mol. The molecule has 1 aromatic heterocycles. The molecule has 0 unspecified atom stereocenters. The van der Waals surface area contributed by atoms with E-state index in [0.717, 1.165) is 29.7 Å². The number of likely N-dealkylation sites (tertiary alicyclic amines) is 1. The molecule has 5 N–H and O–H groups in total. The van der Waals surface area contributed by atoms with Crippen LogP contribution in [0.4, 0.5) is 5.82 Å². The van der Waals surface area contributed by atoms with Gasteiger partial charge in [0, 0.05) is 25.2 Å². The molecule has 0 radical (unpaired) electrons. The number of aryl methyl sites for hydroxylation is 1. The Morgan fingerprint density at radius 2 is 2.12 bits per heavy atom. The third-order valence-corrected chi connectivity index (χ3v) is 7.75. The summed E-state index contributed by atoms with van der Waals surface area (Å²) in [6.45, 7) is 3.10. The quantitative estimate of drug-likeness (QED) is 0.444. The lowest BCUT2D eigenvalue weighted by atomic mass is 10.1. The first-order chi connectivity index (χ1) is 16.2. The van der Waals surface area contributed by atoms with Crippen molar-refractivity contribution in [2.75, 3.05) is 25.4 Å². The minimum atomic E-state index is -3.85. The molecule has 10 nitrogen and oxygen atoms in total. The van der Waals surface area contributed by atoms with Gasteiger partial charge in [0.25, 0.3) is 0 Å². The molecule has 0 aliphatic carbocycles. The Balaban J connectivity index is 1.38. The van der Waals surface area contributed by atoms with Crippen molar-refractivity contribution < 1.29 is 23.1 Å². The maximum absolute atomic E-state index is 13.0. The Morgan fingerprint density at radius 3 is 2.91 bits per heavy atom. The van der Waals surface area contributed by atoms with Crippen molar-refractivity contribution in [2.24, 2.45) is 0 Å². The second kappa shape index (κ2) is 10.3. The maximum atomic E-state index is 13.0. The topological polar surface area (TPSA) is 147 Å². The minimum absolute atomic E-state index is 0.0446. The van der Waals surface area contributed by atoms with Crippen LogP contribution in [0.15, 0.2) is 35.2 Å². The van der Waals surface area contributed by atoms with Crippen molar-refractivity contribution in [1.82, 2.24) is 19.9 Å². The molecule has 1 fully saturated rings. The zero-order chi connectivity index (χ0) is 24.3. The molecular formula is C23H31N5O5S. The molecule has 11 heteroatoms. The Labute approximate surface area is 199 Å². The number of ether oxygens (including phenoxy) is 1. The first-order valence-corrected chi connectivity index (χ1v) is 12.9. The summed E-state index contributed by atoms with van der Waals surface area (Å²) in [5.41, 5.74) is 8.11. The predicted octanol–water partition coefficient (Wildman–Crippen LogP) is 0.675. The molecule has 3 heterocycles. The third kappa shape index (κ3) is 5.66. The van der Waals surface area contributed by atoms with Crippen LogP contribution < -0.4 is 20.5 Å². The first-order valence-electron chi connectivity index (χ1n) is 11.4. The lowest BCUT2D eigenvalue weighted by Crippen LogP contribution is -2.52. The van der Waals surface area contributed by atoms with Crippen molar-refractivity contribution in [3.05, 3.63) is 47.2 Å². The average molecular weight is 490 g/mol. The van der Waals surface area contributed by atoms with E-state index >= 15 is 0 Å². The molecule has 1 saturated heterocycles. The highest BCUT2D eigenvalue weighted by atomic mass is 32.2.